The zero-order valence-electron chi connectivity index (χ0n) is 23.5. The van der Waals surface area contributed by atoms with Gasteiger partial charge in [0.05, 0.1) is 4.90 Å². The van der Waals surface area contributed by atoms with E-state index in [-0.39, 0.29) is 44.2 Å². The Bertz CT molecular complexity index is 2430. The number of nitrogens with zero attached hydrogens (tertiary/aromatic N) is 6. The van der Waals surface area contributed by atoms with E-state index in [4.69, 9.17) is 11.6 Å². The van der Waals surface area contributed by atoms with Gasteiger partial charge in [-0.15, -0.1) is 10.2 Å². The summed E-state index contributed by atoms with van der Waals surface area (Å²) in [5, 5.41) is 21.1. The lowest BCUT2D eigenvalue weighted by atomic mass is 10.1. The van der Waals surface area contributed by atoms with Crippen LogP contribution in [0.15, 0.2) is 97.7 Å². The van der Waals surface area contributed by atoms with Crippen LogP contribution in [0.25, 0.3) is 10.8 Å². The van der Waals surface area contributed by atoms with Crippen LogP contribution in [-0.4, -0.2) is 66.0 Å². The number of aromatic hydroxyl groups is 1. The molecule has 0 saturated heterocycles. The number of aromatic nitrogens is 3. The lowest BCUT2D eigenvalue weighted by molar-refractivity contribution is 0.472. The smallest absolute Gasteiger partial charge is 0.296 e. The zero-order valence-corrected chi connectivity index (χ0v) is 26.7. The first-order chi connectivity index (χ1) is 21.9. The van der Waals surface area contributed by atoms with Crippen LogP contribution in [0, 0.1) is 0 Å². The summed E-state index contributed by atoms with van der Waals surface area (Å²) < 4.78 is 99.8. The predicted octanol–water partition coefficient (Wildman–Crippen LogP) is 5.05. The van der Waals surface area contributed by atoms with Crippen molar-refractivity contribution in [3.8, 4) is 5.75 Å². The topological polar surface area (TPSA) is 262 Å². The number of hydrogen-bond donors (Lipinski definition) is 5. The Morgan fingerprint density at radius 3 is 2.15 bits per heavy atom. The van der Waals surface area contributed by atoms with Crippen LogP contribution in [0.2, 0.25) is 5.28 Å². The number of hydrogen-bond acceptors (Lipinski definition) is 14. The van der Waals surface area contributed by atoms with Gasteiger partial charge in [-0.2, -0.15) is 40.2 Å². The van der Waals surface area contributed by atoms with Crippen LogP contribution in [0.1, 0.15) is 0 Å². The number of phenols is 1. The average Bonchev–Trinajstić information content (AvgIpc) is 2.98. The van der Waals surface area contributed by atoms with Crippen molar-refractivity contribution in [3.05, 3.63) is 78.1 Å². The first-order valence-electron chi connectivity index (χ1n) is 12.7. The van der Waals surface area contributed by atoms with Crippen LogP contribution >= 0.6 is 11.6 Å². The molecule has 0 aliphatic carbocycles. The molecular weight excluding hydrogens is 702 g/mol. The van der Waals surface area contributed by atoms with E-state index in [9.17, 15) is 44.0 Å². The van der Waals surface area contributed by atoms with Crippen molar-refractivity contribution in [2.75, 3.05) is 17.3 Å². The second-order valence-corrected chi connectivity index (χ2v) is 14.0. The van der Waals surface area contributed by atoms with Crippen molar-refractivity contribution < 1.29 is 44.0 Å². The summed E-state index contributed by atoms with van der Waals surface area (Å²) in [6.07, 6.45) is 0. The number of rotatable bonds is 9. The molecule has 0 fully saturated rings. The van der Waals surface area contributed by atoms with E-state index in [1.165, 1.54) is 66.5 Å². The largest absolute Gasteiger partial charge is 0.505 e. The summed E-state index contributed by atoms with van der Waals surface area (Å²) in [5.41, 5.74) is -0.548. The second kappa shape index (κ2) is 12.4. The molecule has 0 radical (unpaired) electrons. The van der Waals surface area contributed by atoms with Crippen molar-refractivity contribution in [2.24, 2.45) is 10.2 Å². The van der Waals surface area contributed by atoms with Gasteiger partial charge >= 0.3 is 0 Å². The molecule has 5 N–H and O–H groups in total. The molecule has 1 aromatic heterocycles. The highest BCUT2D eigenvalue weighted by atomic mass is 35.5. The Balaban J connectivity index is 1.54. The summed E-state index contributed by atoms with van der Waals surface area (Å²) in [6.45, 7) is 0. The Labute approximate surface area is 271 Å². The van der Waals surface area contributed by atoms with Crippen LogP contribution in [0.4, 0.5) is 34.6 Å². The van der Waals surface area contributed by atoms with Crippen molar-refractivity contribution >= 4 is 87.4 Å². The van der Waals surface area contributed by atoms with Crippen molar-refractivity contribution in [3.63, 3.8) is 0 Å². The molecule has 4 aromatic carbocycles. The van der Waals surface area contributed by atoms with E-state index in [1.54, 1.807) is 0 Å². The molecule has 17 nitrogen and oxygen atoms in total. The van der Waals surface area contributed by atoms with Crippen LogP contribution in [0.3, 0.4) is 0 Å². The Hall–Kier alpha value is -4.83. The third-order valence-corrected chi connectivity index (χ3v) is 9.17. The molecule has 0 saturated carbocycles. The molecule has 0 bridgehead atoms. The van der Waals surface area contributed by atoms with Crippen LogP contribution in [-0.2, 0) is 30.4 Å². The number of phenolic OH excluding ortho intramolecular Hbond substituents is 1. The van der Waals surface area contributed by atoms with E-state index < -0.39 is 51.6 Å². The highest BCUT2D eigenvalue weighted by molar-refractivity contribution is 7.86. The maximum atomic E-state index is 12.3. The molecule has 0 atom stereocenters. The van der Waals surface area contributed by atoms with Gasteiger partial charge in [0.15, 0.2) is 5.75 Å². The summed E-state index contributed by atoms with van der Waals surface area (Å²) in [5.74, 6) is -0.851. The summed E-state index contributed by atoms with van der Waals surface area (Å²) in [6, 6.07) is 15.4. The first kappa shape index (κ1) is 33.5. The second-order valence-electron chi connectivity index (χ2n) is 9.51. The lowest BCUT2D eigenvalue weighted by Gasteiger charge is -2.19. The van der Waals surface area contributed by atoms with E-state index in [0.717, 1.165) is 18.2 Å². The molecule has 1 heterocycles. The van der Waals surface area contributed by atoms with Crippen molar-refractivity contribution in [1.29, 1.82) is 0 Å². The molecule has 0 aliphatic heterocycles. The summed E-state index contributed by atoms with van der Waals surface area (Å²) in [7, 11) is -12.7. The summed E-state index contributed by atoms with van der Waals surface area (Å²) in [4.78, 5) is 11.8. The van der Waals surface area contributed by atoms with E-state index in [2.05, 4.69) is 30.5 Å². The van der Waals surface area contributed by atoms with Crippen molar-refractivity contribution in [2.45, 2.75) is 14.7 Å². The SMILES string of the molecule is CN(c1ccc2c(O)c(N=Nc3ccccc3S(=O)(=O)O)c(S(=O)(=O)O)cc2c1)c1nc(Cl)nc(Nc2cccc(S(=O)(=O)O)c2)n1. The molecular formula is C26H20ClN7O10S3. The van der Waals surface area contributed by atoms with Crippen LogP contribution in [0.5, 0.6) is 5.75 Å². The van der Waals surface area contributed by atoms with Gasteiger partial charge in [0, 0.05) is 23.8 Å². The van der Waals surface area contributed by atoms with Gasteiger partial charge in [-0.3, -0.25) is 13.7 Å². The number of halogens is 1. The fourth-order valence-electron chi connectivity index (χ4n) is 4.23. The maximum Gasteiger partial charge on any atom is 0.296 e. The Morgan fingerprint density at radius 1 is 0.766 bits per heavy atom. The highest BCUT2D eigenvalue weighted by Gasteiger charge is 2.24. The fraction of sp³-hybridized carbons (Fsp3) is 0.0385. The molecule has 0 unspecified atom stereocenters. The quantitative estimate of drug-likeness (QED) is 0.0984. The fourth-order valence-corrected chi connectivity index (χ4v) is 6.19. The minimum absolute atomic E-state index is 0.0278. The van der Waals surface area contributed by atoms with E-state index in [1.807, 2.05) is 0 Å². The third kappa shape index (κ3) is 7.44. The molecule has 21 heteroatoms. The van der Waals surface area contributed by atoms with Gasteiger partial charge in [-0.1, -0.05) is 18.2 Å². The maximum absolute atomic E-state index is 12.3. The molecule has 5 aromatic rings. The first-order valence-corrected chi connectivity index (χ1v) is 17.4. The van der Waals surface area contributed by atoms with E-state index in [0.29, 0.717) is 5.69 Å². The summed E-state index contributed by atoms with van der Waals surface area (Å²) >= 11 is 6.11. The highest BCUT2D eigenvalue weighted by Crippen LogP contribution is 2.43. The van der Waals surface area contributed by atoms with Gasteiger partial charge in [-0.25, -0.2) is 0 Å². The molecule has 5 rings (SSSR count). The van der Waals surface area contributed by atoms with Gasteiger partial charge in [0.25, 0.3) is 30.4 Å². The van der Waals surface area contributed by atoms with Gasteiger partial charge in [0.2, 0.25) is 17.2 Å². The number of azo groups is 1. The Kier molecular flexibility index (Phi) is 8.85. The van der Waals surface area contributed by atoms with Gasteiger partial charge < -0.3 is 15.3 Å². The van der Waals surface area contributed by atoms with Crippen molar-refractivity contribution in [1.82, 2.24) is 15.0 Å². The minimum atomic E-state index is -5.04. The minimum Gasteiger partial charge on any atom is -0.505 e. The number of nitrogens with one attached hydrogen (secondary N) is 1. The molecule has 244 valence electrons. The number of anilines is 4. The predicted molar refractivity (Wildman–Crippen MR) is 168 cm³/mol. The van der Waals surface area contributed by atoms with E-state index >= 15 is 0 Å². The molecule has 0 aliphatic rings. The molecule has 0 amide bonds. The van der Waals surface area contributed by atoms with Crippen LogP contribution < -0.4 is 10.2 Å². The van der Waals surface area contributed by atoms with Gasteiger partial charge in [-0.05, 0) is 71.6 Å². The number of benzene rings is 4. The zero-order chi connectivity index (χ0) is 34.3. The third-order valence-electron chi connectivity index (χ3n) is 6.39. The average molecular weight is 722 g/mol. The standard InChI is InChI=1S/C26H20ClN7O10S3/c1-34(26-30-24(27)29-25(31-26)28-15-5-4-6-17(13-15)45(36,37)38)16-9-10-18-14(11-16)12-21(47(42,43)44)22(23(18)35)33-32-19-7-2-3-8-20(19)46(39,40)41/h2-13,35H,1H3,(H,36,37,38)(H,39,40,41)(H,42,43,44)(H,28,29,30,31). The normalized spacial score (nSPS) is 12.4. The number of fused-ring (bicyclic) bond motifs is 1. The van der Waals surface area contributed by atoms with Gasteiger partial charge in [0.1, 0.15) is 21.2 Å². The Morgan fingerprint density at radius 2 is 1.47 bits per heavy atom. The lowest BCUT2D eigenvalue weighted by Crippen LogP contribution is -2.15. The molecule has 0 spiro atoms. The monoisotopic (exact) mass is 721 g/mol. The molecule has 47 heavy (non-hydrogen) atoms.